The van der Waals surface area contributed by atoms with E-state index in [1.54, 1.807) is 11.3 Å². The van der Waals surface area contributed by atoms with Gasteiger partial charge in [0.15, 0.2) is 0 Å². The summed E-state index contributed by atoms with van der Waals surface area (Å²) < 4.78 is 7.65. The van der Waals surface area contributed by atoms with E-state index in [0.29, 0.717) is 10.8 Å². The number of rotatable bonds is 0. The lowest BCUT2D eigenvalue weighted by Crippen LogP contribution is -2.14. The molecule has 4 nitrogen and oxygen atoms in total. The van der Waals surface area contributed by atoms with Gasteiger partial charge in [-0.1, -0.05) is 31.9 Å². The largest absolute Gasteiger partial charge is 0.275 e. The highest BCUT2D eigenvalue weighted by molar-refractivity contribution is 9.10. The molecule has 0 saturated heterocycles. The summed E-state index contributed by atoms with van der Waals surface area (Å²) in [4.78, 5) is 27.3. The topological polar surface area (TPSA) is 43.0 Å². The Morgan fingerprint density at radius 2 is 1.03 bits per heavy atom. The molecule has 0 aliphatic carbocycles. The molecule has 8 rings (SSSR count). The van der Waals surface area contributed by atoms with Crippen LogP contribution in [0.2, 0.25) is 0 Å². The van der Waals surface area contributed by atoms with Crippen molar-refractivity contribution in [3.05, 3.63) is 90.3 Å². The average Bonchev–Trinajstić information content (AvgIpc) is 3.47. The minimum absolute atomic E-state index is 0.0479. The van der Waals surface area contributed by atoms with E-state index in [0.717, 1.165) is 62.0 Å². The van der Waals surface area contributed by atoms with E-state index in [1.807, 2.05) is 57.3 Å². The summed E-state index contributed by atoms with van der Waals surface area (Å²) in [5, 5.41) is 5.12. The van der Waals surface area contributed by atoms with E-state index in [-0.39, 0.29) is 11.1 Å². The minimum Gasteiger partial charge on any atom is -0.275 e. The fourth-order valence-electron chi connectivity index (χ4n) is 5.38. The Morgan fingerprint density at radius 1 is 0.576 bits per heavy atom. The lowest BCUT2D eigenvalue weighted by Gasteiger charge is -2.05. The first-order valence-electron chi connectivity index (χ1n) is 10.3. The van der Waals surface area contributed by atoms with Crippen molar-refractivity contribution in [2.45, 2.75) is 0 Å². The van der Waals surface area contributed by atoms with Gasteiger partial charge in [0.2, 0.25) is 0 Å². The Morgan fingerprint density at radius 3 is 1.48 bits per heavy atom. The molecule has 3 aromatic carbocycles. The summed E-state index contributed by atoms with van der Waals surface area (Å²) >= 11 is 8.75. The van der Waals surface area contributed by atoms with Crippen LogP contribution >= 0.6 is 43.2 Å². The molecular formula is C26H10Br2N2O2S. The first-order valence-corrected chi connectivity index (χ1v) is 12.7. The second kappa shape index (κ2) is 5.91. The van der Waals surface area contributed by atoms with Crippen LogP contribution in [0.1, 0.15) is 0 Å². The smallest absolute Gasteiger partial charge is 0.263 e. The van der Waals surface area contributed by atoms with Gasteiger partial charge < -0.3 is 0 Å². The molecule has 0 fully saturated rings. The van der Waals surface area contributed by atoms with Gasteiger partial charge in [-0.25, -0.2) is 0 Å². The summed E-state index contributed by atoms with van der Waals surface area (Å²) in [5.41, 5.74) is 3.46. The maximum atomic E-state index is 13.6. The van der Waals surface area contributed by atoms with Crippen LogP contribution in [0.3, 0.4) is 0 Å². The fraction of sp³-hybridized carbons (Fsp3) is 0. The van der Waals surface area contributed by atoms with E-state index in [4.69, 9.17) is 0 Å². The summed E-state index contributed by atoms with van der Waals surface area (Å²) in [6.45, 7) is 0. The normalized spacial score (nSPS) is 12.8. The third kappa shape index (κ3) is 2.11. The van der Waals surface area contributed by atoms with Crippen molar-refractivity contribution < 1.29 is 0 Å². The minimum atomic E-state index is -0.0479. The predicted molar refractivity (Wildman–Crippen MR) is 144 cm³/mol. The molecule has 8 aromatic rings. The quantitative estimate of drug-likeness (QED) is 0.181. The molecule has 0 N–H and O–H groups in total. The highest BCUT2D eigenvalue weighted by Gasteiger charge is 2.23. The van der Waals surface area contributed by atoms with Crippen LogP contribution in [-0.2, 0) is 0 Å². The first-order chi connectivity index (χ1) is 16.0. The second-order valence-electron chi connectivity index (χ2n) is 8.42. The highest BCUT2D eigenvalue weighted by atomic mass is 79.9. The van der Waals surface area contributed by atoms with Gasteiger partial charge in [-0.15, -0.1) is 11.3 Å². The van der Waals surface area contributed by atoms with E-state index >= 15 is 0 Å². The van der Waals surface area contributed by atoms with E-state index in [1.165, 1.54) is 0 Å². The van der Waals surface area contributed by atoms with Gasteiger partial charge in [-0.05, 0) is 60.7 Å². The molecule has 0 bridgehead atoms. The van der Waals surface area contributed by atoms with Crippen LogP contribution in [-0.4, -0.2) is 8.80 Å². The Bertz CT molecular complexity index is 2100. The van der Waals surface area contributed by atoms with Crippen LogP contribution in [0.5, 0.6) is 0 Å². The van der Waals surface area contributed by atoms with Crippen LogP contribution in [0.4, 0.5) is 0 Å². The molecule has 0 radical (unpaired) electrons. The number of pyridine rings is 2. The van der Waals surface area contributed by atoms with Crippen molar-refractivity contribution in [1.82, 2.24) is 8.80 Å². The van der Waals surface area contributed by atoms with Crippen LogP contribution < -0.4 is 11.1 Å². The first kappa shape index (κ1) is 18.4. The number of benzene rings is 3. The molecule has 0 amide bonds. The number of aromatic nitrogens is 2. The predicted octanol–water partition coefficient (Wildman–Crippen LogP) is 7.14. The lowest BCUT2D eigenvalue weighted by atomic mass is 10.0. The van der Waals surface area contributed by atoms with Gasteiger partial charge in [-0.3, -0.25) is 18.4 Å². The molecule has 5 aromatic heterocycles. The van der Waals surface area contributed by atoms with Gasteiger partial charge in [0, 0.05) is 41.3 Å². The number of fused-ring (bicyclic) bond motifs is 8. The van der Waals surface area contributed by atoms with Gasteiger partial charge >= 0.3 is 0 Å². The number of hydrogen-bond acceptors (Lipinski definition) is 3. The zero-order valence-electron chi connectivity index (χ0n) is 16.6. The molecule has 0 atom stereocenters. The standard InChI is InChI=1S/C26H10Br2N2O2S/c27-13-1-5-17-11(7-13)9-19-23-21-15(25(31)29(17)19)3-4-16-22(21)24(33-23)20-10-12-8-14(28)2-6-18(12)30(20)26(16)32/h1-10H. The van der Waals surface area contributed by atoms with Crippen molar-refractivity contribution in [3.63, 3.8) is 0 Å². The fourth-order valence-corrected chi connectivity index (χ4v) is 7.48. The molecule has 156 valence electrons. The zero-order chi connectivity index (χ0) is 22.2. The van der Waals surface area contributed by atoms with E-state index in [9.17, 15) is 9.59 Å². The number of nitrogens with zero attached hydrogens (tertiary/aromatic N) is 2. The SMILES string of the molecule is O=c1c2ccc3c(=O)n4c5ccc(Br)cc5cc4c4sc(c2c34)c2cc3cc(Br)ccc3n12. The number of hydrogen-bond donors (Lipinski definition) is 0. The maximum Gasteiger partial charge on any atom is 0.263 e. The lowest BCUT2D eigenvalue weighted by molar-refractivity contribution is 1.20. The van der Waals surface area contributed by atoms with Gasteiger partial charge in [0.1, 0.15) is 0 Å². The molecule has 0 unspecified atom stereocenters. The number of halogens is 2. The molecule has 0 aliphatic rings. The van der Waals surface area contributed by atoms with Crippen molar-refractivity contribution in [2.24, 2.45) is 0 Å². The average molecular weight is 574 g/mol. The Labute approximate surface area is 205 Å². The molecule has 0 aliphatic heterocycles. The molecule has 5 heterocycles. The van der Waals surface area contributed by atoms with Crippen LogP contribution in [0.25, 0.3) is 63.8 Å². The molecular weight excluding hydrogens is 564 g/mol. The summed E-state index contributed by atoms with van der Waals surface area (Å²) in [7, 11) is 0. The second-order valence-corrected chi connectivity index (χ2v) is 11.3. The van der Waals surface area contributed by atoms with E-state index < -0.39 is 0 Å². The Balaban J connectivity index is 1.72. The number of thiophene rings is 1. The van der Waals surface area contributed by atoms with Crippen molar-refractivity contribution >= 4 is 107 Å². The van der Waals surface area contributed by atoms with Crippen LogP contribution in [0, 0.1) is 0 Å². The third-order valence-corrected chi connectivity index (χ3v) is 8.94. The van der Waals surface area contributed by atoms with Crippen LogP contribution in [0.15, 0.2) is 79.2 Å². The summed E-state index contributed by atoms with van der Waals surface area (Å²) in [6, 6.07) is 19.7. The molecule has 7 heteroatoms. The monoisotopic (exact) mass is 572 g/mol. The Kier molecular flexibility index (Phi) is 3.30. The Hall–Kier alpha value is -3.00. The third-order valence-electron chi connectivity index (χ3n) is 6.72. The van der Waals surface area contributed by atoms with Crippen molar-refractivity contribution in [3.8, 4) is 0 Å². The molecule has 0 saturated carbocycles. The van der Waals surface area contributed by atoms with Gasteiger partial charge in [0.25, 0.3) is 11.1 Å². The molecule has 0 spiro atoms. The van der Waals surface area contributed by atoms with Gasteiger partial charge in [0.05, 0.1) is 31.5 Å². The molecule has 33 heavy (non-hydrogen) atoms. The zero-order valence-corrected chi connectivity index (χ0v) is 20.6. The van der Waals surface area contributed by atoms with Crippen molar-refractivity contribution in [2.75, 3.05) is 0 Å². The van der Waals surface area contributed by atoms with E-state index in [2.05, 4.69) is 44.0 Å². The highest BCUT2D eigenvalue weighted by Crippen LogP contribution is 2.44. The maximum absolute atomic E-state index is 13.6. The van der Waals surface area contributed by atoms with Crippen molar-refractivity contribution in [1.29, 1.82) is 0 Å². The van der Waals surface area contributed by atoms with Gasteiger partial charge in [-0.2, -0.15) is 0 Å². The summed E-state index contributed by atoms with van der Waals surface area (Å²) in [6.07, 6.45) is 0. The summed E-state index contributed by atoms with van der Waals surface area (Å²) in [5.74, 6) is 0.